The van der Waals surface area contributed by atoms with E-state index in [0.29, 0.717) is 39.2 Å². The van der Waals surface area contributed by atoms with E-state index in [1.165, 1.54) is 4.52 Å². The molecular weight excluding hydrogens is 588 g/mol. The van der Waals surface area contributed by atoms with Crippen molar-refractivity contribution in [1.82, 2.24) is 34.6 Å². The first-order valence-corrected chi connectivity index (χ1v) is 14.9. The Labute approximate surface area is 265 Å². The van der Waals surface area contributed by atoms with Crippen molar-refractivity contribution < 1.29 is 4.42 Å². The van der Waals surface area contributed by atoms with Gasteiger partial charge in [0.05, 0.1) is 16.6 Å². The Bertz CT molecular complexity index is 2770. The van der Waals surface area contributed by atoms with Crippen LogP contribution in [-0.4, -0.2) is 34.6 Å². The Hall–Kier alpha value is -6.81. The molecule has 4 aromatic carbocycles. The van der Waals surface area contributed by atoms with Gasteiger partial charge in [0.25, 0.3) is 5.56 Å². The number of fused-ring (bicyclic) bond motifs is 6. The molecule has 9 aromatic rings. The molecule has 47 heavy (non-hydrogen) atoms. The van der Waals surface area contributed by atoms with E-state index in [-0.39, 0.29) is 16.6 Å². The largest absolute Gasteiger partial charge is 0.438 e. The van der Waals surface area contributed by atoms with Crippen LogP contribution in [0.15, 0.2) is 137 Å². The minimum Gasteiger partial charge on any atom is -0.438 e. The lowest BCUT2D eigenvalue weighted by atomic mass is 9.97. The van der Waals surface area contributed by atoms with E-state index in [1.54, 1.807) is 0 Å². The van der Waals surface area contributed by atoms with Gasteiger partial charge in [0.1, 0.15) is 16.5 Å². The predicted molar refractivity (Wildman–Crippen MR) is 179 cm³/mol. The van der Waals surface area contributed by atoms with Gasteiger partial charge in [0, 0.05) is 16.6 Å². The molecule has 0 saturated carbocycles. The lowest BCUT2D eigenvalue weighted by molar-refractivity contribution is 0.535. The molecule has 222 valence electrons. The van der Waals surface area contributed by atoms with Crippen LogP contribution >= 0.6 is 0 Å². The number of rotatable bonds is 4. The molecule has 0 aliphatic carbocycles. The third-order valence-electron chi connectivity index (χ3n) is 8.30. The number of hydrogen-bond donors (Lipinski definition) is 1. The molecule has 0 aliphatic rings. The molecule has 10 heteroatoms. The molecule has 10 nitrogen and oxygen atoms in total. The summed E-state index contributed by atoms with van der Waals surface area (Å²) in [6, 6.07) is 40.5. The molecule has 0 saturated heterocycles. The van der Waals surface area contributed by atoms with Gasteiger partial charge in [0.2, 0.25) is 5.55 Å². The molecule has 0 aliphatic heterocycles. The third kappa shape index (κ3) is 4.16. The fraction of sp³-hybridized carbons (Fsp3) is 0. The van der Waals surface area contributed by atoms with E-state index in [2.05, 4.69) is 20.5 Å². The van der Waals surface area contributed by atoms with Crippen molar-refractivity contribution in [3.63, 3.8) is 0 Å². The minimum atomic E-state index is -0.519. The Morgan fingerprint density at radius 2 is 1.32 bits per heavy atom. The zero-order chi connectivity index (χ0) is 31.5. The predicted octanol–water partition coefficient (Wildman–Crippen LogP) is 6.60. The zero-order valence-electron chi connectivity index (χ0n) is 24.6. The molecule has 0 atom stereocenters. The Morgan fingerprint density at radius 3 is 2.09 bits per heavy atom. The second kappa shape index (κ2) is 10.4. The summed E-state index contributed by atoms with van der Waals surface area (Å²) in [7, 11) is 0. The van der Waals surface area contributed by atoms with E-state index in [9.17, 15) is 4.79 Å². The second-order valence-corrected chi connectivity index (χ2v) is 11.1. The third-order valence-corrected chi connectivity index (χ3v) is 8.30. The van der Waals surface area contributed by atoms with Crippen molar-refractivity contribution in [3.05, 3.63) is 143 Å². The maximum atomic E-state index is 14.1. The Kier molecular flexibility index (Phi) is 5.87. The van der Waals surface area contributed by atoms with Crippen molar-refractivity contribution >= 4 is 38.6 Å². The van der Waals surface area contributed by atoms with E-state index in [0.717, 1.165) is 27.8 Å². The van der Waals surface area contributed by atoms with Crippen LogP contribution in [0.3, 0.4) is 0 Å². The number of hydrogen-bond acceptors (Lipinski definition) is 8. The van der Waals surface area contributed by atoms with Gasteiger partial charge in [-0.15, -0.1) is 15.3 Å². The molecule has 0 radical (unpaired) electrons. The number of para-hydroxylation sites is 2. The Morgan fingerprint density at radius 1 is 0.638 bits per heavy atom. The average molecular weight is 611 g/mol. The highest BCUT2D eigenvalue weighted by atomic mass is 16.3. The van der Waals surface area contributed by atoms with Gasteiger partial charge < -0.3 is 4.42 Å². The number of benzene rings is 4. The molecule has 0 spiro atoms. The van der Waals surface area contributed by atoms with E-state index in [1.807, 2.05) is 132 Å². The van der Waals surface area contributed by atoms with Crippen LogP contribution in [0.25, 0.3) is 78.0 Å². The van der Waals surface area contributed by atoms with Crippen molar-refractivity contribution in [2.45, 2.75) is 0 Å². The molecule has 0 unspecified atom stereocenters. The zero-order valence-corrected chi connectivity index (χ0v) is 24.6. The van der Waals surface area contributed by atoms with Crippen molar-refractivity contribution in [3.8, 4) is 39.5 Å². The van der Waals surface area contributed by atoms with Gasteiger partial charge in [0.15, 0.2) is 17.1 Å². The fourth-order valence-corrected chi connectivity index (χ4v) is 6.17. The molecule has 0 amide bonds. The molecular formula is C37H22N8O2. The summed E-state index contributed by atoms with van der Waals surface area (Å²) in [5, 5.41) is 28.6. The number of nitrogens with zero attached hydrogens (tertiary/aromatic N) is 7. The first kappa shape index (κ1) is 26.6. The maximum Gasteiger partial charge on any atom is 0.285 e. The number of aromatic nitrogens is 7. The van der Waals surface area contributed by atoms with E-state index < -0.39 is 5.56 Å². The first-order valence-electron chi connectivity index (χ1n) is 14.9. The molecule has 0 fully saturated rings. The summed E-state index contributed by atoms with van der Waals surface area (Å²) >= 11 is 0. The van der Waals surface area contributed by atoms with Gasteiger partial charge in [-0.1, -0.05) is 102 Å². The smallest absolute Gasteiger partial charge is 0.285 e. The van der Waals surface area contributed by atoms with Crippen molar-refractivity contribution in [2.75, 3.05) is 0 Å². The van der Waals surface area contributed by atoms with Crippen LogP contribution in [0.1, 0.15) is 0 Å². The summed E-state index contributed by atoms with van der Waals surface area (Å²) in [5.74, 6) is 0.468. The lowest BCUT2D eigenvalue weighted by Crippen LogP contribution is -2.17. The molecule has 0 bridgehead atoms. The van der Waals surface area contributed by atoms with Crippen LogP contribution in [-0.2, 0) is 0 Å². The normalized spacial score (nSPS) is 11.6. The topological polar surface area (TPSA) is 128 Å². The monoisotopic (exact) mass is 610 g/mol. The quantitative estimate of drug-likeness (QED) is 0.223. The van der Waals surface area contributed by atoms with Gasteiger partial charge in [-0.05, 0) is 41.5 Å². The van der Waals surface area contributed by atoms with Crippen LogP contribution in [0.2, 0.25) is 0 Å². The van der Waals surface area contributed by atoms with E-state index in [4.69, 9.17) is 14.8 Å². The molecule has 9 rings (SSSR count). The van der Waals surface area contributed by atoms with Crippen LogP contribution in [0.4, 0.5) is 0 Å². The highest BCUT2D eigenvalue weighted by molar-refractivity contribution is 6.13. The summed E-state index contributed by atoms with van der Waals surface area (Å²) in [5.41, 5.74) is 5.36. The van der Waals surface area contributed by atoms with Gasteiger partial charge in [-0.2, -0.15) is 9.50 Å². The van der Waals surface area contributed by atoms with Gasteiger partial charge >= 0.3 is 0 Å². The number of pyridine rings is 2. The SMILES string of the molecule is N=c1oc2ccccc2cc1-c1cc(-c2ccccc2)c2c3nnn4c(-c5ccccc5)nnc4c3c(=O)nc2n1-c1ccccc1. The summed E-state index contributed by atoms with van der Waals surface area (Å²) in [6.45, 7) is 0. The van der Waals surface area contributed by atoms with Crippen molar-refractivity contribution in [2.24, 2.45) is 0 Å². The standard InChI is InChI=1S/C37H22N8O2/c38-33-27(20-24-16-10-11-19-29(24)47-33)28-21-26(22-12-4-1-5-13-22)30-32-31(37(46)39-35(30)44(28)25-17-8-3-9-18-25)36-42-41-34(45(36)43-40-32)23-14-6-2-7-15-23/h1-21,38H. The van der Waals surface area contributed by atoms with E-state index >= 15 is 0 Å². The Balaban J connectivity index is 1.46. The highest BCUT2D eigenvalue weighted by Crippen LogP contribution is 2.38. The first-order chi connectivity index (χ1) is 23.2. The maximum absolute atomic E-state index is 14.1. The average Bonchev–Trinajstić information content (AvgIpc) is 3.56. The molecule has 1 N–H and O–H groups in total. The van der Waals surface area contributed by atoms with Crippen LogP contribution < -0.4 is 11.1 Å². The van der Waals surface area contributed by atoms with Crippen LogP contribution in [0, 0.1) is 5.41 Å². The summed E-state index contributed by atoms with van der Waals surface area (Å²) in [4.78, 5) is 18.9. The number of nitrogens with one attached hydrogen (secondary N) is 1. The summed E-state index contributed by atoms with van der Waals surface area (Å²) in [6.07, 6.45) is 0. The van der Waals surface area contributed by atoms with Gasteiger partial charge in [-0.3, -0.25) is 14.8 Å². The minimum absolute atomic E-state index is 0.0201. The van der Waals surface area contributed by atoms with Crippen molar-refractivity contribution in [1.29, 1.82) is 5.41 Å². The van der Waals surface area contributed by atoms with Gasteiger partial charge in [-0.25, -0.2) is 0 Å². The summed E-state index contributed by atoms with van der Waals surface area (Å²) < 4.78 is 9.37. The highest BCUT2D eigenvalue weighted by Gasteiger charge is 2.24. The fourth-order valence-electron chi connectivity index (χ4n) is 6.17. The van der Waals surface area contributed by atoms with Crippen LogP contribution in [0.5, 0.6) is 0 Å². The lowest BCUT2D eigenvalue weighted by Gasteiger charge is -2.20. The molecule has 5 aromatic heterocycles. The second-order valence-electron chi connectivity index (χ2n) is 11.1. The molecule has 5 heterocycles.